The zero-order valence-corrected chi connectivity index (χ0v) is 16.1. The number of nitrogens with one attached hydrogen (secondary N) is 1. The lowest BCUT2D eigenvalue weighted by Gasteiger charge is -2.34. The molecule has 0 atom stereocenters. The van der Waals surface area contributed by atoms with Gasteiger partial charge in [-0.15, -0.1) is 0 Å². The van der Waals surface area contributed by atoms with E-state index < -0.39 is 4.92 Å². The Labute approximate surface area is 169 Å². The molecule has 1 aromatic heterocycles. The minimum atomic E-state index is -0.457. The van der Waals surface area contributed by atoms with Crippen LogP contribution in [0.15, 0.2) is 48.8 Å². The summed E-state index contributed by atoms with van der Waals surface area (Å²) >= 11 is 0. The van der Waals surface area contributed by atoms with Gasteiger partial charge in [0.25, 0.3) is 5.69 Å². The molecule has 0 aliphatic carbocycles. The van der Waals surface area contributed by atoms with Gasteiger partial charge in [-0.25, -0.2) is 9.97 Å². The number of rotatable bonds is 8. The Morgan fingerprint density at radius 1 is 1.14 bits per heavy atom. The molecular weight excluding hydrogens is 372 g/mol. The molecule has 0 unspecified atom stereocenters. The number of nitro benzene ring substituents is 1. The van der Waals surface area contributed by atoms with Crippen LogP contribution in [-0.2, 0) is 4.79 Å². The summed E-state index contributed by atoms with van der Waals surface area (Å²) in [7, 11) is 0. The number of piperazine rings is 1. The smallest absolute Gasteiger partial charge is 0.276 e. The number of benzene rings is 1. The maximum Gasteiger partial charge on any atom is 0.276 e. The van der Waals surface area contributed by atoms with Crippen molar-refractivity contribution in [1.82, 2.24) is 20.2 Å². The summed E-state index contributed by atoms with van der Waals surface area (Å²) in [6.07, 6.45) is 7.15. The van der Waals surface area contributed by atoms with Crippen LogP contribution in [0.4, 0.5) is 11.6 Å². The van der Waals surface area contributed by atoms with Crippen LogP contribution < -0.4 is 10.2 Å². The summed E-state index contributed by atoms with van der Waals surface area (Å²) in [6.45, 7) is 5.09. The number of anilines is 1. The minimum Gasteiger partial charge on any atom is -0.353 e. The fourth-order valence-electron chi connectivity index (χ4n) is 3.16. The highest BCUT2D eigenvalue weighted by Crippen LogP contribution is 2.18. The molecule has 1 saturated heterocycles. The zero-order chi connectivity index (χ0) is 20.5. The van der Waals surface area contributed by atoms with Crippen molar-refractivity contribution in [3.05, 3.63) is 64.5 Å². The largest absolute Gasteiger partial charge is 0.353 e. The van der Waals surface area contributed by atoms with Crippen molar-refractivity contribution in [2.75, 3.05) is 44.2 Å². The number of nitrogens with zero attached hydrogens (tertiary/aromatic N) is 5. The number of nitro groups is 1. The lowest BCUT2D eigenvalue weighted by molar-refractivity contribution is -0.385. The average molecular weight is 396 g/mol. The second-order valence-electron chi connectivity index (χ2n) is 6.67. The Hall–Kier alpha value is -3.33. The van der Waals surface area contributed by atoms with Gasteiger partial charge in [-0.1, -0.05) is 12.1 Å². The highest BCUT2D eigenvalue weighted by molar-refractivity contribution is 5.92. The highest BCUT2D eigenvalue weighted by Gasteiger charge is 2.18. The molecule has 0 bridgehead atoms. The Kier molecular flexibility index (Phi) is 7.23. The fourth-order valence-corrected chi connectivity index (χ4v) is 3.16. The Morgan fingerprint density at radius 3 is 2.59 bits per heavy atom. The second kappa shape index (κ2) is 10.3. The molecule has 1 fully saturated rings. The molecule has 1 aliphatic heterocycles. The van der Waals surface area contributed by atoms with Gasteiger partial charge in [0, 0.05) is 57.3 Å². The van der Waals surface area contributed by atoms with Crippen molar-refractivity contribution in [2.24, 2.45) is 0 Å². The van der Waals surface area contributed by atoms with Gasteiger partial charge in [-0.2, -0.15) is 0 Å². The number of carbonyl (C=O) groups is 1. The third kappa shape index (κ3) is 6.08. The zero-order valence-electron chi connectivity index (χ0n) is 16.1. The van der Waals surface area contributed by atoms with Crippen LogP contribution in [-0.4, -0.2) is 65.0 Å². The van der Waals surface area contributed by atoms with Gasteiger partial charge in [0.15, 0.2) is 0 Å². The van der Waals surface area contributed by atoms with Gasteiger partial charge in [0.05, 0.1) is 10.5 Å². The monoisotopic (exact) mass is 396 g/mol. The molecule has 9 heteroatoms. The number of carbonyl (C=O) groups excluding carboxylic acids is 1. The molecule has 0 saturated carbocycles. The minimum absolute atomic E-state index is 0.0170. The lowest BCUT2D eigenvalue weighted by atomic mass is 10.1. The Morgan fingerprint density at radius 2 is 1.86 bits per heavy atom. The number of aromatic nitrogens is 2. The van der Waals surface area contributed by atoms with Crippen molar-refractivity contribution >= 4 is 23.6 Å². The van der Waals surface area contributed by atoms with E-state index in [2.05, 4.69) is 25.1 Å². The van der Waals surface area contributed by atoms with E-state index in [1.807, 2.05) is 6.07 Å². The van der Waals surface area contributed by atoms with Crippen LogP contribution in [0, 0.1) is 10.1 Å². The normalized spacial score (nSPS) is 14.8. The standard InChI is InChI=1S/C20H24N6O3/c27-19(8-7-17-5-1-2-6-18(17)26(28)29)21-11-4-12-24-13-15-25(16-14-24)20-22-9-3-10-23-20/h1-3,5-10H,4,11-16H2,(H,21,27)/b8-7+. The van der Waals surface area contributed by atoms with E-state index in [9.17, 15) is 14.9 Å². The van der Waals surface area contributed by atoms with E-state index in [1.165, 1.54) is 18.2 Å². The van der Waals surface area contributed by atoms with Gasteiger partial charge >= 0.3 is 0 Å². The SMILES string of the molecule is O=C(/C=C/c1ccccc1[N+](=O)[O-])NCCCN1CCN(c2ncccn2)CC1. The fraction of sp³-hybridized carbons (Fsp3) is 0.350. The van der Waals surface area contributed by atoms with Gasteiger partial charge in [-0.05, 0) is 31.2 Å². The van der Waals surface area contributed by atoms with Gasteiger partial charge < -0.3 is 10.2 Å². The summed E-state index contributed by atoms with van der Waals surface area (Å²) in [5.74, 6) is 0.513. The third-order valence-corrected chi connectivity index (χ3v) is 4.71. The third-order valence-electron chi connectivity index (χ3n) is 4.71. The van der Waals surface area contributed by atoms with Crippen molar-refractivity contribution in [3.63, 3.8) is 0 Å². The first kappa shape index (κ1) is 20.4. The van der Waals surface area contributed by atoms with Crippen LogP contribution in [0.1, 0.15) is 12.0 Å². The lowest BCUT2D eigenvalue weighted by Crippen LogP contribution is -2.47. The second-order valence-corrected chi connectivity index (χ2v) is 6.67. The summed E-state index contributed by atoms with van der Waals surface area (Å²) in [6, 6.07) is 8.14. The first-order valence-corrected chi connectivity index (χ1v) is 9.57. The van der Waals surface area contributed by atoms with E-state index in [0.717, 1.165) is 45.1 Å². The molecule has 1 aliphatic rings. The van der Waals surface area contributed by atoms with Gasteiger partial charge in [0.1, 0.15) is 0 Å². The molecule has 1 aromatic carbocycles. The number of hydrogen-bond acceptors (Lipinski definition) is 7. The topological polar surface area (TPSA) is 104 Å². The average Bonchev–Trinajstić information content (AvgIpc) is 2.76. The summed E-state index contributed by atoms with van der Waals surface area (Å²) in [4.78, 5) is 35.6. The molecule has 0 spiro atoms. The van der Waals surface area contributed by atoms with E-state index >= 15 is 0 Å². The van der Waals surface area contributed by atoms with Crippen molar-refractivity contribution in [2.45, 2.75) is 6.42 Å². The first-order valence-electron chi connectivity index (χ1n) is 9.57. The van der Waals surface area contributed by atoms with E-state index in [1.54, 1.807) is 30.6 Å². The molecule has 3 rings (SSSR count). The summed E-state index contributed by atoms with van der Waals surface area (Å²) in [5, 5.41) is 13.8. The Balaban J connectivity index is 1.35. The maximum absolute atomic E-state index is 11.9. The number of amides is 1. The van der Waals surface area contributed by atoms with Crippen molar-refractivity contribution in [3.8, 4) is 0 Å². The van der Waals surface area contributed by atoms with Crippen LogP contribution in [0.25, 0.3) is 6.08 Å². The van der Waals surface area contributed by atoms with Crippen molar-refractivity contribution < 1.29 is 9.72 Å². The molecule has 1 amide bonds. The maximum atomic E-state index is 11.9. The molecule has 1 N–H and O–H groups in total. The summed E-state index contributed by atoms with van der Waals surface area (Å²) in [5.41, 5.74) is 0.393. The van der Waals surface area contributed by atoms with Crippen LogP contribution in [0.3, 0.4) is 0 Å². The number of hydrogen-bond donors (Lipinski definition) is 1. The van der Waals surface area contributed by atoms with Gasteiger partial charge in [0.2, 0.25) is 11.9 Å². The Bertz CT molecular complexity index is 850. The molecule has 152 valence electrons. The highest BCUT2D eigenvalue weighted by atomic mass is 16.6. The predicted octanol–water partition coefficient (Wildman–Crippen LogP) is 1.73. The molecule has 0 radical (unpaired) electrons. The molecular formula is C20H24N6O3. The molecule has 2 aromatic rings. The first-order chi connectivity index (χ1) is 14.1. The molecule has 9 nitrogen and oxygen atoms in total. The molecule has 2 heterocycles. The van der Waals surface area contributed by atoms with E-state index in [-0.39, 0.29) is 11.6 Å². The van der Waals surface area contributed by atoms with Gasteiger partial charge in [-0.3, -0.25) is 19.8 Å². The van der Waals surface area contributed by atoms with Crippen LogP contribution in [0.5, 0.6) is 0 Å². The van der Waals surface area contributed by atoms with Crippen molar-refractivity contribution in [1.29, 1.82) is 0 Å². The van der Waals surface area contributed by atoms with E-state index in [0.29, 0.717) is 12.1 Å². The van der Waals surface area contributed by atoms with Crippen LogP contribution >= 0.6 is 0 Å². The predicted molar refractivity (Wildman–Crippen MR) is 110 cm³/mol. The molecule has 29 heavy (non-hydrogen) atoms. The summed E-state index contributed by atoms with van der Waals surface area (Å²) < 4.78 is 0. The van der Waals surface area contributed by atoms with Crippen LogP contribution in [0.2, 0.25) is 0 Å². The van der Waals surface area contributed by atoms with E-state index in [4.69, 9.17) is 0 Å². The number of para-hydroxylation sites is 1. The quantitative estimate of drug-likeness (QED) is 0.314.